The van der Waals surface area contributed by atoms with Crippen LogP contribution in [0.25, 0.3) is 0 Å². The highest BCUT2D eigenvalue weighted by Crippen LogP contribution is 2.26. The molecule has 1 saturated heterocycles. The van der Waals surface area contributed by atoms with Gasteiger partial charge in [0.05, 0.1) is 17.6 Å². The molecule has 0 radical (unpaired) electrons. The molecule has 16 heavy (non-hydrogen) atoms. The van der Waals surface area contributed by atoms with Crippen molar-refractivity contribution in [3.05, 3.63) is 18.2 Å². The van der Waals surface area contributed by atoms with Crippen LogP contribution in [0.4, 0.5) is 5.69 Å². The molecule has 4 nitrogen and oxygen atoms in total. The Labute approximate surface area is 96.9 Å². The molecule has 0 amide bonds. The molecule has 2 rings (SSSR count). The summed E-state index contributed by atoms with van der Waals surface area (Å²) in [6.07, 6.45) is 5.69. The average molecular weight is 220 g/mol. The average Bonchev–Trinajstić information content (AvgIpc) is 2.30. The highest BCUT2D eigenvalue weighted by Gasteiger charge is 2.20. The minimum Gasteiger partial charge on any atom is -0.369 e. The molecule has 1 aromatic heterocycles. The molecule has 0 spiro atoms. The molecule has 0 aliphatic carbocycles. The first-order valence-electron chi connectivity index (χ1n) is 5.99. The predicted molar refractivity (Wildman–Crippen MR) is 65.5 cm³/mol. The first kappa shape index (κ1) is 11.3. The van der Waals surface area contributed by atoms with Gasteiger partial charge in [0.15, 0.2) is 0 Å². The van der Waals surface area contributed by atoms with Crippen molar-refractivity contribution in [3.8, 4) is 0 Å². The van der Waals surface area contributed by atoms with E-state index in [1.54, 1.807) is 6.33 Å². The number of nitrogens with zero attached hydrogens (tertiary/aromatic N) is 3. The van der Waals surface area contributed by atoms with E-state index in [0.717, 1.165) is 31.6 Å². The summed E-state index contributed by atoms with van der Waals surface area (Å²) in [6.45, 7) is 6.38. The molecule has 88 valence electrons. The number of hydrogen-bond acceptors (Lipinski definition) is 4. The number of piperidine rings is 1. The van der Waals surface area contributed by atoms with Crippen LogP contribution in [0.3, 0.4) is 0 Å². The Balaban J connectivity index is 2.19. The second-order valence-electron chi connectivity index (χ2n) is 4.77. The molecule has 1 aliphatic heterocycles. The second-order valence-corrected chi connectivity index (χ2v) is 4.77. The van der Waals surface area contributed by atoms with Gasteiger partial charge in [0, 0.05) is 19.1 Å². The van der Waals surface area contributed by atoms with Gasteiger partial charge in [-0.3, -0.25) is 0 Å². The van der Waals surface area contributed by atoms with Gasteiger partial charge in [-0.15, -0.1) is 0 Å². The maximum Gasteiger partial charge on any atom is 0.115 e. The number of anilines is 1. The summed E-state index contributed by atoms with van der Waals surface area (Å²) in [5.74, 6) is 0.439. The molecule has 0 aromatic carbocycles. The lowest BCUT2D eigenvalue weighted by molar-refractivity contribution is 0.499. The van der Waals surface area contributed by atoms with Gasteiger partial charge in [0.2, 0.25) is 0 Å². The Kier molecular flexibility index (Phi) is 3.39. The summed E-state index contributed by atoms with van der Waals surface area (Å²) >= 11 is 0. The smallest absolute Gasteiger partial charge is 0.115 e. The van der Waals surface area contributed by atoms with E-state index in [-0.39, 0.29) is 0 Å². The van der Waals surface area contributed by atoms with Crippen LogP contribution in [-0.2, 0) is 0 Å². The van der Waals surface area contributed by atoms with E-state index in [4.69, 9.17) is 5.73 Å². The molecule has 2 N–H and O–H groups in total. The van der Waals surface area contributed by atoms with E-state index in [9.17, 15) is 0 Å². The van der Waals surface area contributed by atoms with E-state index in [1.165, 1.54) is 5.69 Å². The van der Waals surface area contributed by atoms with Crippen molar-refractivity contribution < 1.29 is 0 Å². The quantitative estimate of drug-likeness (QED) is 0.821. The van der Waals surface area contributed by atoms with Crippen molar-refractivity contribution in [2.24, 2.45) is 5.73 Å². The maximum absolute atomic E-state index is 5.91. The van der Waals surface area contributed by atoms with Gasteiger partial charge in [-0.05, 0) is 18.8 Å². The van der Waals surface area contributed by atoms with E-state index in [0.29, 0.717) is 12.0 Å². The van der Waals surface area contributed by atoms with E-state index in [2.05, 4.69) is 28.7 Å². The van der Waals surface area contributed by atoms with Crippen LogP contribution in [0.15, 0.2) is 12.5 Å². The topological polar surface area (TPSA) is 55.0 Å². The van der Waals surface area contributed by atoms with Crippen LogP contribution in [0, 0.1) is 0 Å². The minimum absolute atomic E-state index is 0.364. The van der Waals surface area contributed by atoms with Crippen LogP contribution in [0.2, 0.25) is 0 Å². The summed E-state index contributed by atoms with van der Waals surface area (Å²) in [6, 6.07) is 0.364. The zero-order valence-corrected chi connectivity index (χ0v) is 10.1. The standard InChI is InChI=1S/C12H20N4/c1-9(2)12-11(7-14-8-15-12)16-5-3-10(13)4-6-16/h7-10H,3-6,13H2,1-2H3. The predicted octanol–water partition coefficient (Wildman–Crippen LogP) is 1.53. The summed E-state index contributed by atoms with van der Waals surface area (Å²) in [5.41, 5.74) is 8.24. The van der Waals surface area contributed by atoms with Crippen LogP contribution in [-0.4, -0.2) is 29.1 Å². The molecule has 0 saturated carbocycles. The fraction of sp³-hybridized carbons (Fsp3) is 0.667. The molecule has 1 aromatic rings. The Morgan fingerprint density at radius 2 is 2.06 bits per heavy atom. The van der Waals surface area contributed by atoms with Crippen LogP contribution < -0.4 is 10.6 Å². The molecule has 0 unspecified atom stereocenters. The number of rotatable bonds is 2. The molecular formula is C12H20N4. The third-order valence-corrected chi connectivity index (χ3v) is 3.15. The van der Waals surface area contributed by atoms with E-state index in [1.807, 2.05) is 6.20 Å². The minimum atomic E-state index is 0.364. The largest absolute Gasteiger partial charge is 0.369 e. The Morgan fingerprint density at radius 1 is 1.38 bits per heavy atom. The van der Waals surface area contributed by atoms with Crippen LogP contribution in [0.5, 0.6) is 0 Å². The Morgan fingerprint density at radius 3 is 2.69 bits per heavy atom. The van der Waals surface area contributed by atoms with Gasteiger partial charge < -0.3 is 10.6 Å². The van der Waals surface area contributed by atoms with Gasteiger partial charge in [0.25, 0.3) is 0 Å². The van der Waals surface area contributed by atoms with Gasteiger partial charge in [-0.25, -0.2) is 9.97 Å². The summed E-state index contributed by atoms with van der Waals surface area (Å²) < 4.78 is 0. The lowest BCUT2D eigenvalue weighted by Gasteiger charge is -2.33. The van der Waals surface area contributed by atoms with Crippen molar-refractivity contribution in [3.63, 3.8) is 0 Å². The van der Waals surface area contributed by atoms with Crippen molar-refractivity contribution in [2.45, 2.75) is 38.6 Å². The Hall–Kier alpha value is -1.16. The van der Waals surface area contributed by atoms with Gasteiger partial charge in [-0.2, -0.15) is 0 Å². The molecule has 0 atom stereocenters. The summed E-state index contributed by atoms with van der Waals surface area (Å²) in [5, 5.41) is 0. The SMILES string of the molecule is CC(C)c1ncncc1N1CCC(N)CC1. The van der Waals surface area contributed by atoms with E-state index < -0.39 is 0 Å². The third kappa shape index (κ3) is 2.32. The van der Waals surface area contributed by atoms with Crippen LogP contribution >= 0.6 is 0 Å². The molecule has 1 aliphatic rings. The zero-order valence-electron chi connectivity index (χ0n) is 10.1. The number of aromatic nitrogens is 2. The lowest BCUT2D eigenvalue weighted by atomic mass is 10.0. The normalized spacial score (nSPS) is 18.1. The molecule has 2 heterocycles. The maximum atomic E-state index is 5.91. The third-order valence-electron chi connectivity index (χ3n) is 3.15. The number of nitrogens with two attached hydrogens (primary N) is 1. The van der Waals surface area contributed by atoms with Gasteiger partial charge in [-0.1, -0.05) is 13.8 Å². The second kappa shape index (κ2) is 4.78. The van der Waals surface area contributed by atoms with Gasteiger partial charge in [0.1, 0.15) is 6.33 Å². The lowest BCUT2D eigenvalue weighted by Crippen LogP contribution is -2.40. The molecule has 4 heteroatoms. The highest BCUT2D eigenvalue weighted by molar-refractivity contribution is 5.50. The zero-order chi connectivity index (χ0) is 11.5. The molecular weight excluding hydrogens is 200 g/mol. The van der Waals surface area contributed by atoms with E-state index >= 15 is 0 Å². The van der Waals surface area contributed by atoms with Gasteiger partial charge >= 0.3 is 0 Å². The van der Waals surface area contributed by atoms with Crippen molar-refractivity contribution in [2.75, 3.05) is 18.0 Å². The fourth-order valence-corrected chi connectivity index (χ4v) is 2.16. The van der Waals surface area contributed by atoms with Crippen LogP contribution in [0.1, 0.15) is 38.3 Å². The fourth-order valence-electron chi connectivity index (χ4n) is 2.16. The summed E-state index contributed by atoms with van der Waals surface area (Å²) in [7, 11) is 0. The van der Waals surface area contributed by atoms with Crippen molar-refractivity contribution in [1.29, 1.82) is 0 Å². The Bertz CT molecular complexity index is 343. The monoisotopic (exact) mass is 220 g/mol. The first-order chi connectivity index (χ1) is 7.68. The number of hydrogen-bond donors (Lipinski definition) is 1. The summed E-state index contributed by atoms with van der Waals surface area (Å²) in [4.78, 5) is 10.9. The first-order valence-corrected chi connectivity index (χ1v) is 5.99. The van der Waals surface area contributed by atoms with Crippen molar-refractivity contribution >= 4 is 5.69 Å². The molecule has 0 bridgehead atoms. The highest BCUT2D eigenvalue weighted by atomic mass is 15.2. The molecule has 1 fully saturated rings. The van der Waals surface area contributed by atoms with Crippen molar-refractivity contribution in [1.82, 2.24) is 9.97 Å².